The van der Waals surface area contributed by atoms with Gasteiger partial charge in [-0.15, -0.1) is 0 Å². The van der Waals surface area contributed by atoms with E-state index in [9.17, 15) is 0 Å². The Morgan fingerprint density at radius 1 is 0.722 bits per heavy atom. The predicted molar refractivity (Wildman–Crippen MR) is 77.5 cm³/mol. The van der Waals surface area contributed by atoms with Gasteiger partial charge in [-0.1, -0.05) is 38.5 Å². The van der Waals surface area contributed by atoms with Crippen LogP contribution in [0.15, 0.2) is 0 Å². The molecule has 0 aromatic heterocycles. The molecule has 2 aliphatic rings. The fourth-order valence-corrected chi connectivity index (χ4v) is 3.33. The summed E-state index contributed by atoms with van der Waals surface area (Å²) in [4.78, 5) is 2.29. The molecule has 2 N–H and O–H groups in total. The first-order valence-corrected chi connectivity index (χ1v) is 7.94. The van der Waals surface area contributed by atoms with Crippen molar-refractivity contribution in [2.24, 2.45) is 0 Å². The maximum Gasteiger partial charge on any atom is 0.114 e. The van der Waals surface area contributed by atoms with Gasteiger partial charge in [0.15, 0.2) is 0 Å². The molecule has 0 aromatic rings. The highest BCUT2D eigenvalue weighted by Gasteiger charge is 2.22. The minimum Gasteiger partial charge on any atom is -0.287 e. The van der Waals surface area contributed by atoms with Crippen LogP contribution in [-0.2, 0) is 0 Å². The van der Waals surface area contributed by atoms with Gasteiger partial charge in [-0.3, -0.25) is 15.5 Å². The first-order valence-electron chi connectivity index (χ1n) is 7.94. The van der Waals surface area contributed by atoms with Gasteiger partial charge in [-0.05, 0) is 39.8 Å². The Morgan fingerprint density at radius 3 is 1.44 bits per heavy atom. The zero-order chi connectivity index (χ0) is 12.8. The van der Waals surface area contributed by atoms with Crippen molar-refractivity contribution in [2.75, 3.05) is 14.1 Å². The summed E-state index contributed by atoms with van der Waals surface area (Å²) in [7, 11) is 4.35. The van der Waals surface area contributed by atoms with Crippen molar-refractivity contribution >= 4 is 0 Å². The average Bonchev–Trinajstić information content (AvgIpc) is 2.40. The minimum atomic E-state index is 0.358. The Kier molecular flexibility index (Phi) is 5.93. The summed E-state index contributed by atoms with van der Waals surface area (Å²) in [6, 6.07) is 1.45. The third-order valence-corrected chi connectivity index (χ3v) is 4.51. The third kappa shape index (κ3) is 4.52. The van der Waals surface area contributed by atoms with E-state index in [2.05, 4.69) is 29.6 Å². The van der Waals surface area contributed by atoms with Crippen molar-refractivity contribution in [2.45, 2.75) is 82.6 Å². The number of hydrogen-bond acceptors (Lipinski definition) is 3. The fraction of sp³-hybridized carbons (Fsp3) is 1.00. The van der Waals surface area contributed by atoms with Crippen LogP contribution in [-0.4, -0.2) is 37.4 Å². The highest BCUT2D eigenvalue weighted by molar-refractivity contribution is 4.79. The molecule has 3 heteroatoms. The first kappa shape index (κ1) is 14.3. The van der Waals surface area contributed by atoms with Gasteiger partial charge < -0.3 is 0 Å². The SMILES string of the molecule is CN(C)C(NC1CCCCC1)NC1CCCCC1. The standard InChI is InChI=1S/C15H31N3/c1-18(2)15(16-13-9-5-3-6-10-13)17-14-11-7-4-8-12-14/h13-17H,3-12H2,1-2H3. The molecule has 3 nitrogen and oxygen atoms in total. The third-order valence-electron chi connectivity index (χ3n) is 4.51. The fourth-order valence-electron chi connectivity index (χ4n) is 3.33. The molecule has 0 bridgehead atoms. The lowest BCUT2D eigenvalue weighted by Crippen LogP contribution is -2.58. The topological polar surface area (TPSA) is 27.3 Å². The minimum absolute atomic E-state index is 0.358. The van der Waals surface area contributed by atoms with E-state index in [4.69, 9.17) is 0 Å². The van der Waals surface area contributed by atoms with E-state index in [0.717, 1.165) is 12.1 Å². The largest absolute Gasteiger partial charge is 0.287 e. The number of nitrogens with one attached hydrogen (secondary N) is 2. The molecule has 0 aliphatic heterocycles. The van der Waals surface area contributed by atoms with Crippen molar-refractivity contribution < 1.29 is 0 Å². The van der Waals surface area contributed by atoms with Gasteiger partial charge in [0.2, 0.25) is 0 Å². The summed E-state index contributed by atoms with van der Waals surface area (Å²) in [6.07, 6.45) is 14.3. The Labute approximate surface area is 113 Å². The van der Waals surface area contributed by atoms with Crippen LogP contribution in [0.1, 0.15) is 64.2 Å². The van der Waals surface area contributed by atoms with Crippen molar-refractivity contribution in [1.82, 2.24) is 15.5 Å². The molecule has 0 radical (unpaired) electrons. The quantitative estimate of drug-likeness (QED) is 0.738. The molecular weight excluding hydrogens is 222 g/mol. The number of hydrogen-bond donors (Lipinski definition) is 2. The smallest absolute Gasteiger partial charge is 0.114 e. The lowest BCUT2D eigenvalue weighted by atomic mass is 9.94. The van der Waals surface area contributed by atoms with E-state index in [1.165, 1.54) is 64.2 Å². The molecule has 18 heavy (non-hydrogen) atoms. The van der Waals surface area contributed by atoms with Gasteiger partial charge in [-0.25, -0.2) is 0 Å². The summed E-state index contributed by atoms with van der Waals surface area (Å²) >= 11 is 0. The lowest BCUT2D eigenvalue weighted by molar-refractivity contribution is 0.144. The molecule has 2 rings (SSSR count). The number of nitrogens with zero attached hydrogens (tertiary/aromatic N) is 1. The second-order valence-corrected chi connectivity index (χ2v) is 6.37. The molecule has 2 aliphatic carbocycles. The monoisotopic (exact) mass is 253 g/mol. The van der Waals surface area contributed by atoms with Crippen LogP contribution >= 0.6 is 0 Å². The summed E-state index contributed by atoms with van der Waals surface area (Å²) in [5, 5.41) is 7.63. The van der Waals surface area contributed by atoms with Crippen molar-refractivity contribution in [3.8, 4) is 0 Å². The van der Waals surface area contributed by atoms with Crippen LogP contribution in [0.25, 0.3) is 0 Å². The van der Waals surface area contributed by atoms with Gasteiger partial charge >= 0.3 is 0 Å². The van der Waals surface area contributed by atoms with E-state index in [1.807, 2.05) is 0 Å². The Balaban J connectivity index is 1.78. The molecular formula is C15H31N3. The zero-order valence-electron chi connectivity index (χ0n) is 12.3. The predicted octanol–water partition coefficient (Wildman–Crippen LogP) is 2.68. The second kappa shape index (κ2) is 7.46. The summed E-state index contributed by atoms with van der Waals surface area (Å²) in [5.74, 6) is 0. The van der Waals surface area contributed by atoms with Gasteiger partial charge in [0.1, 0.15) is 6.29 Å². The van der Waals surface area contributed by atoms with E-state index in [1.54, 1.807) is 0 Å². The van der Waals surface area contributed by atoms with Crippen molar-refractivity contribution in [3.05, 3.63) is 0 Å². The highest BCUT2D eigenvalue weighted by atomic mass is 15.4. The van der Waals surface area contributed by atoms with E-state index in [0.29, 0.717) is 6.29 Å². The molecule has 106 valence electrons. The van der Waals surface area contributed by atoms with Crippen LogP contribution in [0, 0.1) is 0 Å². The molecule has 0 amide bonds. The van der Waals surface area contributed by atoms with Crippen LogP contribution in [0.2, 0.25) is 0 Å². The Hall–Kier alpha value is -0.120. The highest BCUT2D eigenvalue weighted by Crippen LogP contribution is 2.20. The van der Waals surface area contributed by atoms with Crippen molar-refractivity contribution in [3.63, 3.8) is 0 Å². The van der Waals surface area contributed by atoms with Gasteiger partial charge in [0.25, 0.3) is 0 Å². The molecule has 2 saturated carbocycles. The molecule has 0 spiro atoms. The van der Waals surface area contributed by atoms with Crippen LogP contribution < -0.4 is 10.6 Å². The molecule has 0 aromatic carbocycles. The lowest BCUT2D eigenvalue weighted by Gasteiger charge is -2.36. The normalized spacial score (nSPS) is 24.0. The van der Waals surface area contributed by atoms with E-state index < -0.39 is 0 Å². The second-order valence-electron chi connectivity index (χ2n) is 6.37. The molecule has 0 unspecified atom stereocenters. The average molecular weight is 253 g/mol. The maximum absolute atomic E-state index is 3.82. The van der Waals surface area contributed by atoms with E-state index in [-0.39, 0.29) is 0 Å². The molecule has 2 fully saturated rings. The Morgan fingerprint density at radius 2 is 1.11 bits per heavy atom. The molecule has 0 saturated heterocycles. The van der Waals surface area contributed by atoms with Crippen LogP contribution in [0.4, 0.5) is 0 Å². The summed E-state index contributed by atoms with van der Waals surface area (Å²) in [6.45, 7) is 0. The molecule has 0 heterocycles. The molecule has 0 atom stereocenters. The summed E-state index contributed by atoms with van der Waals surface area (Å²) in [5.41, 5.74) is 0. The number of rotatable bonds is 5. The Bertz CT molecular complexity index is 198. The van der Waals surface area contributed by atoms with Crippen molar-refractivity contribution in [1.29, 1.82) is 0 Å². The van der Waals surface area contributed by atoms with Crippen LogP contribution in [0.3, 0.4) is 0 Å². The first-order chi connectivity index (χ1) is 8.75. The summed E-state index contributed by atoms with van der Waals surface area (Å²) < 4.78 is 0. The van der Waals surface area contributed by atoms with E-state index >= 15 is 0 Å². The van der Waals surface area contributed by atoms with Gasteiger partial charge in [0.05, 0.1) is 0 Å². The van der Waals surface area contributed by atoms with Gasteiger partial charge in [-0.2, -0.15) is 0 Å². The van der Waals surface area contributed by atoms with Crippen LogP contribution in [0.5, 0.6) is 0 Å². The van der Waals surface area contributed by atoms with Gasteiger partial charge in [0, 0.05) is 12.1 Å². The zero-order valence-corrected chi connectivity index (χ0v) is 12.3. The maximum atomic E-state index is 3.82.